The van der Waals surface area contributed by atoms with Gasteiger partial charge >= 0.3 is 0 Å². The number of fused-ring (bicyclic) bond motifs is 1. The number of ether oxygens (including phenoxy) is 1. The van der Waals surface area contributed by atoms with Gasteiger partial charge in [0.05, 0.1) is 29.2 Å². The highest BCUT2D eigenvalue weighted by molar-refractivity contribution is 5.64. The van der Waals surface area contributed by atoms with Crippen LogP contribution in [-0.2, 0) is 4.74 Å². The first-order valence-electron chi connectivity index (χ1n) is 13.5. The number of likely N-dealkylation sites (tertiary alicyclic amines) is 1. The Morgan fingerprint density at radius 3 is 2.42 bits per heavy atom. The molecule has 2 aliphatic heterocycles. The molecule has 0 bridgehead atoms. The SMILES string of the molecule is Fc1cccc(F)c1-c1nc(Nc2cnn(C3CCN(C4CCOCC4)CC3)c2)n2nc(C3CC3)cc2n1. The summed E-state index contributed by atoms with van der Waals surface area (Å²) >= 11 is 0. The lowest BCUT2D eigenvalue weighted by molar-refractivity contribution is 0.0212. The Hall–Kier alpha value is -3.44. The lowest BCUT2D eigenvalue weighted by atomic mass is 10.00. The number of nitrogens with zero attached hydrogens (tertiary/aromatic N) is 7. The third kappa shape index (κ3) is 4.54. The standard InChI is InChI=1S/C27H30F2N8O/c28-21-2-1-3-22(29)25(21)26-32-24-14-23(17-4-5-17)34-37(24)27(33-26)31-18-15-30-36(16-18)20-6-10-35(11-7-20)19-8-12-38-13-9-19/h1-3,14-17,19-20H,4-13H2,(H,31,32,33). The van der Waals surface area contributed by atoms with Crippen LogP contribution in [0.1, 0.15) is 56.2 Å². The highest BCUT2D eigenvalue weighted by Gasteiger charge is 2.29. The average Bonchev–Trinajstić information content (AvgIpc) is 3.53. The molecule has 0 unspecified atom stereocenters. The Labute approximate surface area is 218 Å². The average molecular weight is 521 g/mol. The van der Waals surface area contributed by atoms with Crippen molar-refractivity contribution in [1.29, 1.82) is 0 Å². The zero-order valence-electron chi connectivity index (χ0n) is 21.1. The van der Waals surface area contributed by atoms with Gasteiger partial charge in [-0.1, -0.05) is 6.07 Å². The van der Waals surface area contributed by atoms with Crippen molar-refractivity contribution in [1.82, 2.24) is 34.3 Å². The quantitative estimate of drug-likeness (QED) is 0.394. The largest absolute Gasteiger partial charge is 0.381 e. The number of hydrogen-bond acceptors (Lipinski definition) is 7. The molecule has 11 heteroatoms. The lowest BCUT2D eigenvalue weighted by Gasteiger charge is -2.39. The van der Waals surface area contributed by atoms with Crippen LogP contribution in [0.4, 0.5) is 20.4 Å². The predicted octanol–water partition coefficient (Wildman–Crippen LogP) is 4.70. The van der Waals surface area contributed by atoms with Gasteiger partial charge in [-0.3, -0.25) is 4.68 Å². The molecule has 4 aromatic rings. The van der Waals surface area contributed by atoms with Gasteiger partial charge in [0.25, 0.3) is 0 Å². The molecular formula is C27H30F2N8O. The second-order valence-corrected chi connectivity index (χ2v) is 10.5. The van der Waals surface area contributed by atoms with E-state index in [1.54, 1.807) is 10.7 Å². The first-order chi connectivity index (χ1) is 18.6. The van der Waals surface area contributed by atoms with E-state index >= 15 is 0 Å². The summed E-state index contributed by atoms with van der Waals surface area (Å²) in [6.07, 6.45) is 10.2. The fraction of sp³-hybridized carbons (Fsp3) is 0.481. The van der Waals surface area contributed by atoms with E-state index in [-0.39, 0.29) is 11.4 Å². The van der Waals surface area contributed by atoms with Crippen molar-refractivity contribution in [3.05, 3.63) is 54.0 Å². The zero-order valence-corrected chi connectivity index (χ0v) is 21.1. The minimum Gasteiger partial charge on any atom is -0.381 e. The molecule has 3 fully saturated rings. The van der Waals surface area contributed by atoms with E-state index in [0.717, 1.165) is 76.2 Å². The summed E-state index contributed by atoms with van der Waals surface area (Å²) < 4.78 is 38.4. The molecule has 9 nitrogen and oxygen atoms in total. The molecule has 0 amide bonds. The predicted molar refractivity (Wildman–Crippen MR) is 137 cm³/mol. The maximum absolute atomic E-state index is 14.6. The zero-order chi connectivity index (χ0) is 25.6. The third-order valence-electron chi connectivity index (χ3n) is 7.96. The van der Waals surface area contributed by atoms with Gasteiger partial charge in [-0.2, -0.15) is 19.7 Å². The van der Waals surface area contributed by atoms with E-state index in [0.29, 0.717) is 29.6 Å². The van der Waals surface area contributed by atoms with Gasteiger partial charge in [0, 0.05) is 50.5 Å². The Balaban J connectivity index is 1.14. The Morgan fingerprint density at radius 1 is 0.921 bits per heavy atom. The van der Waals surface area contributed by atoms with Gasteiger partial charge in [0.2, 0.25) is 5.95 Å². The van der Waals surface area contributed by atoms with Gasteiger partial charge in [-0.15, -0.1) is 0 Å². The maximum Gasteiger partial charge on any atom is 0.232 e. The van der Waals surface area contributed by atoms with E-state index in [1.165, 1.54) is 18.2 Å². The summed E-state index contributed by atoms with van der Waals surface area (Å²) in [6.45, 7) is 3.83. The number of piperidine rings is 1. The molecule has 5 heterocycles. The molecule has 1 aromatic carbocycles. The van der Waals surface area contributed by atoms with Crippen LogP contribution in [-0.4, -0.2) is 66.6 Å². The van der Waals surface area contributed by atoms with Crippen LogP contribution < -0.4 is 5.32 Å². The highest BCUT2D eigenvalue weighted by atomic mass is 19.1. The number of benzene rings is 1. The number of aromatic nitrogens is 6. The van der Waals surface area contributed by atoms with E-state index < -0.39 is 11.6 Å². The minimum atomic E-state index is -0.706. The van der Waals surface area contributed by atoms with E-state index in [4.69, 9.17) is 9.84 Å². The molecule has 3 aromatic heterocycles. The molecule has 38 heavy (non-hydrogen) atoms. The summed E-state index contributed by atoms with van der Waals surface area (Å²) in [5.41, 5.74) is 1.90. The van der Waals surface area contributed by atoms with Crippen molar-refractivity contribution in [3.8, 4) is 11.4 Å². The molecule has 198 valence electrons. The van der Waals surface area contributed by atoms with E-state index in [1.807, 2.05) is 16.9 Å². The van der Waals surface area contributed by atoms with Gasteiger partial charge in [0.15, 0.2) is 11.5 Å². The van der Waals surface area contributed by atoms with E-state index in [9.17, 15) is 8.78 Å². The van der Waals surface area contributed by atoms with Crippen molar-refractivity contribution in [3.63, 3.8) is 0 Å². The molecule has 0 atom stereocenters. The minimum absolute atomic E-state index is 0.0225. The van der Waals surface area contributed by atoms with Crippen molar-refractivity contribution >= 4 is 17.3 Å². The fourth-order valence-corrected chi connectivity index (χ4v) is 5.69. The summed E-state index contributed by atoms with van der Waals surface area (Å²) in [7, 11) is 0. The topological polar surface area (TPSA) is 85.4 Å². The maximum atomic E-state index is 14.6. The summed E-state index contributed by atoms with van der Waals surface area (Å²) in [5, 5.41) is 12.6. The van der Waals surface area contributed by atoms with Crippen LogP contribution in [0, 0.1) is 11.6 Å². The third-order valence-corrected chi connectivity index (χ3v) is 7.96. The second-order valence-electron chi connectivity index (χ2n) is 10.5. The first kappa shape index (κ1) is 23.7. The molecule has 2 saturated heterocycles. The molecule has 1 saturated carbocycles. The number of halogens is 2. The summed E-state index contributed by atoms with van der Waals surface area (Å²) in [6, 6.07) is 6.58. The molecular weight excluding hydrogens is 490 g/mol. The van der Waals surface area contributed by atoms with Crippen LogP contribution in [0.3, 0.4) is 0 Å². The van der Waals surface area contributed by atoms with Gasteiger partial charge in [0.1, 0.15) is 11.6 Å². The Kier molecular flexibility index (Phi) is 6.04. The number of hydrogen-bond donors (Lipinski definition) is 1. The lowest BCUT2D eigenvalue weighted by Crippen LogP contribution is -2.44. The fourth-order valence-electron chi connectivity index (χ4n) is 5.69. The summed E-state index contributed by atoms with van der Waals surface area (Å²) in [4.78, 5) is 11.6. The molecule has 0 radical (unpaired) electrons. The molecule has 7 rings (SSSR count). The van der Waals surface area contributed by atoms with Crippen molar-refractivity contribution < 1.29 is 13.5 Å². The van der Waals surface area contributed by atoms with E-state index in [2.05, 4.69) is 25.3 Å². The first-order valence-corrected chi connectivity index (χ1v) is 13.5. The van der Waals surface area contributed by atoms with Crippen molar-refractivity contribution in [2.75, 3.05) is 31.6 Å². The Bertz CT molecular complexity index is 1430. The van der Waals surface area contributed by atoms with Crippen LogP contribution in [0.5, 0.6) is 0 Å². The molecule has 3 aliphatic rings. The molecule has 0 spiro atoms. The van der Waals surface area contributed by atoms with Crippen LogP contribution in [0.2, 0.25) is 0 Å². The second kappa shape index (κ2) is 9.70. The van der Waals surface area contributed by atoms with Crippen LogP contribution >= 0.6 is 0 Å². The smallest absolute Gasteiger partial charge is 0.232 e. The van der Waals surface area contributed by atoms with Crippen LogP contribution in [0.25, 0.3) is 17.0 Å². The van der Waals surface area contributed by atoms with Gasteiger partial charge < -0.3 is 15.0 Å². The Morgan fingerprint density at radius 2 is 1.68 bits per heavy atom. The monoisotopic (exact) mass is 520 g/mol. The van der Waals surface area contributed by atoms with Gasteiger partial charge in [-0.05, 0) is 50.7 Å². The van der Waals surface area contributed by atoms with Gasteiger partial charge in [-0.25, -0.2) is 13.8 Å². The number of anilines is 2. The van der Waals surface area contributed by atoms with Crippen LogP contribution in [0.15, 0.2) is 36.7 Å². The normalized spacial score (nSPS) is 19.8. The van der Waals surface area contributed by atoms with Crippen molar-refractivity contribution in [2.24, 2.45) is 0 Å². The number of nitrogens with one attached hydrogen (secondary N) is 1. The highest BCUT2D eigenvalue weighted by Crippen LogP contribution is 2.40. The molecule has 1 N–H and O–H groups in total. The molecule has 1 aliphatic carbocycles. The van der Waals surface area contributed by atoms with Crippen molar-refractivity contribution in [2.45, 2.75) is 56.5 Å². The summed E-state index contributed by atoms with van der Waals surface area (Å²) in [5.74, 6) is -0.698. The number of rotatable bonds is 6.